The number of likely N-dealkylation sites (tertiary alicyclic amines) is 1. The summed E-state index contributed by atoms with van der Waals surface area (Å²) >= 11 is 1.89. The van der Waals surface area contributed by atoms with E-state index in [0.29, 0.717) is 5.92 Å². The van der Waals surface area contributed by atoms with Gasteiger partial charge < -0.3 is 4.90 Å². The molecular weight excluding hydrogens is 328 g/mol. The standard InChI is InChI=1S/C20H24N4S/c1-23-13-16(12-21-23)14-5-6-18-19(11-14)25-20(22-18)15-9-17(10-15)24-7-3-2-4-8-24/h5-6,11-13,15,17H,2-4,7-10H2,1H3. The van der Waals surface area contributed by atoms with Crippen LogP contribution in [0.4, 0.5) is 0 Å². The van der Waals surface area contributed by atoms with Gasteiger partial charge in [0.1, 0.15) is 0 Å². The Bertz CT molecular complexity index is 884. The molecule has 130 valence electrons. The molecule has 1 aliphatic heterocycles. The number of hydrogen-bond donors (Lipinski definition) is 0. The summed E-state index contributed by atoms with van der Waals surface area (Å²) < 4.78 is 3.16. The molecule has 2 aromatic heterocycles. The van der Waals surface area contributed by atoms with Crippen molar-refractivity contribution in [3.8, 4) is 11.1 Å². The first kappa shape index (κ1) is 15.5. The normalized spacial score (nSPS) is 24.5. The molecule has 0 amide bonds. The maximum Gasteiger partial charge on any atom is 0.0970 e. The van der Waals surface area contributed by atoms with Gasteiger partial charge in [0.25, 0.3) is 0 Å². The molecule has 3 aromatic rings. The van der Waals surface area contributed by atoms with E-state index in [2.05, 4.69) is 34.4 Å². The first-order chi connectivity index (χ1) is 12.3. The summed E-state index contributed by atoms with van der Waals surface area (Å²) in [6.07, 6.45) is 10.8. The number of fused-ring (bicyclic) bond motifs is 1. The summed E-state index contributed by atoms with van der Waals surface area (Å²) in [7, 11) is 1.96. The van der Waals surface area contributed by atoms with Gasteiger partial charge in [-0.2, -0.15) is 5.10 Å². The van der Waals surface area contributed by atoms with E-state index in [1.807, 2.05) is 29.3 Å². The van der Waals surface area contributed by atoms with Crippen molar-refractivity contribution in [1.82, 2.24) is 19.7 Å². The molecule has 2 fully saturated rings. The van der Waals surface area contributed by atoms with Crippen LogP contribution in [-0.4, -0.2) is 38.8 Å². The average Bonchev–Trinajstić information content (AvgIpc) is 3.20. The number of thiazole rings is 1. The van der Waals surface area contributed by atoms with Crippen molar-refractivity contribution in [3.63, 3.8) is 0 Å². The first-order valence-electron chi connectivity index (χ1n) is 9.40. The highest BCUT2D eigenvalue weighted by atomic mass is 32.1. The van der Waals surface area contributed by atoms with E-state index >= 15 is 0 Å². The van der Waals surface area contributed by atoms with Crippen molar-refractivity contribution >= 4 is 21.6 Å². The third-order valence-electron chi connectivity index (χ3n) is 5.81. The number of rotatable bonds is 3. The van der Waals surface area contributed by atoms with Gasteiger partial charge in [0, 0.05) is 30.8 Å². The predicted molar refractivity (Wildman–Crippen MR) is 103 cm³/mol. The molecule has 4 nitrogen and oxygen atoms in total. The molecule has 3 heterocycles. The molecule has 5 rings (SSSR count). The highest BCUT2D eigenvalue weighted by Gasteiger charge is 2.36. The molecule has 0 radical (unpaired) electrons. The van der Waals surface area contributed by atoms with E-state index in [1.54, 1.807) is 0 Å². The second kappa shape index (κ2) is 6.22. The Morgan fingerprint density at radius 2 is 1.92 bits per heavy atom. The molecule has 2 aliphatic rings. The number of aromatic nitrogens is 3. The monoisotopic (exact) mass is 352 g/mol. The van der Waals surface area contributed by atoms with E-state index in [-0.39, 0.29) is 0 Å². The van der Waals surface area contributed by atoms with Crippen LogP contribution in [0.5, 0.6) is 0 Å². The predicted octanol–water partition coefficient (Wildman–Crippen LogP) is 4.43. The lowest BCUT2D eigenvalue weighted by Gasteiger charge is -2.43. The third-order valence-corrected chi connectivity index (χ3v) is 6.99. The Morgan fingerprint density at radius 3 is 2.68 bits per heavy atom. The molecule has 0 unspecified atom stereocenters. The Morgan fingerprint density at radius 1 is 1.08 bits per heavy atom. The number of aryl methyl sites for hydroxylation is 1. The zero-order valence-corrected chi connectivity index (χ0v) is 15.5. The molecule has 1 saturated carbocycles. The molecule has 5 heteroatoms. The van der Waals surface area contributed by atoms with Crippen LogP contribution in [-0.2, 0) is 7.05 Å². The zero-order valence-electron chi connectivity index (χ0n) is 14.7. The van der Waals surface area contributed by atoms with E-state index in [0.717, 1.165) is 11.6 Å². The molecule has 0 spiro atoms. The minimum Gasteiger partial charge on any atom is -0.300 e. The fourth-order valence-corrected chi connectivity index (χ4v) is 5.37. The van der Waals surface area contributed by atoms with Crippen molar-refractivity contribution < 1.29 is 0 Å². The van der Waals surface area contributed by atoms with Gasteiger partial charge in [0.05, 0.1) is 21.4 Å². The molecule has 1 aromatic carbocycles. The summed E-state index contributed by atoms with van der Waals surface area (Å²) in [6.45, 7) is 2.62. The molecule has 0 N–H and O–H groups in total. The van der Waals surface area contributed by atoms with Crippen LogP contribution in [0, 0.1) is 0 Å². The van der Waals surface area contributed by atoms with Crippen molar-refractivity contribution in [3.05, 3.63) is 35.6 Å². The van der Waals surface area contributed by atoms with Crippen LogP contribution in [0.2, 0.25) is 0 Å². The van der Waals surface area contributed by atoms with E-state index in [9.17, 15) is 0 Å². The molecule has 1 aliphatic carbocycles. The second-order valence-electron chi connectivity index (χ2n) is 7.56. The minimum absolute atomic E-state index is 0.672. The van der Waals surface area contributed by atoms with Crippen LogP contribution in [0.15, 0.2) is 30.6 Å². The van der Waals surface area contributed by atoms with Crippen molar-refractivity contribution in [2.24, 2.45) is 7.05 Å². The fraction of sp³-hybridized carbons (Fsp3) is 0.500. The summed E-state index contributed by atoms with van der Waals surface area (Å²) in [5, 5.41) is 5.62. The summed E-state index contributed by atoms with van der Waals surface area (Å²) in [5.74, 6) is 0.672. The summed E-state index contributed by atoms with van der Waals surface area (Å²) in [6, 6.07) is 7.41. The minimum atomic E-state index is 0.672. The van der Waals surface area contributed by atoms with E-state index in [1.165, 1.54) is 66.0 Å². The number of nitrogens with zero attached hydrogens (tertiary/aromatic N) is 4. The van der Waals surface area contributed by atoms with Crippen LogP contribution >= 0.6 is 11.3 Å². The van der Waals surface area contributed by atoms with Gasteiger partial charge in [0.15, 0.2) is 0 Å². The Kier molecular flexibility index (Phi) is 3.86. The van der Waals surface area contributed by atoms with Crippen LogP contribution in [0.3, 0.4) is 0 Å². The highest BCUT2D eigenvalue weighted by molar-refractivity contribution is 7.18. The lowest BCUT2D eigenvalue weighted by molar-refractivity contribution is 0.0888. The highest BCUT2D eigenvalue weighted by Crippen LogP contribution is 2.43. The molecular formula is C20H24N4S. The maximum atomic E-state index is 4.93. The second-order valence-corrected chi connectivity index (χ2v) is 8.62. The molecule has 1 saturated heterocycles. The quantitative estimate of drug-likeness (QED) is 0.699. The van der Waals surface area contributed by atoms with Gasteiger partial charge >= 0.3 is 0 Å². The topological polar surface area (TPSA) is 34.0 Å². The lowest BCUT2D eigenvalue weighted by atomic mass is 9.79. The van der Waals surface area contributed by atoms with Crippen molar-refractivity contribution in [1.29, 1.82) is 0 Å². The van der Waals surface area contributed by atoms with Crippen molar-refractivity contribution in [2.75, 3.05) is 13.1 Å². The van der Waals surface area contributed by atoms with Gasteiger partial charge in [-0.05, 0) is 56.5 Å². The third kappa shape index (κ3) is 2.89. The lowest BCUT2D eigenvalue weighted by Crippen LogP contribution is -2.46. The molecule has 0 bridgehead atoms. The number of piperidine rings is 1. The maximum absolute atomic E-state index is 4.93. The zero-order chi connectivity index (χ0) is 16.8. The van der Waals surface area contributed by atoms with E-state index in [4.69, 9.17) is 4.98 Å². The van der Waals surface area contributed by atoms with Crippen LogP contribution in [0.25, 0.3) is 21.3 Å². The van der Waals surface area contributed by atoms with Gasteiger partial charge in [-0.25, -0.2) is 4.98 Å². The Balaban J connectivity index is 1.33. The van der Waals surface area contributed by atoms with Gasteiger partial charge in [-0.15, -0.1) is 11.3 Å². The van der Waals surface area contributed by atoms with E-state index < -0.39 is 0 Å². The first-order valence-corrected chi connectivity index (χ1v) is 10.2. The average molecular weight is 353 g/mol. The molecule has 0 atom stereocenters. The Hall–Kier alpha value is -1.72. The van der Waals surface area contributed by atoms with Gasteiger partial charge in [-0.1, -0.05) is 12.5 Å². The molecule has 25 heavy (non-hydrogen) atoms. The largest absolute Gasteiger partial charge is 0.300 e. The van der Waals surface area contributed by atoms with Crippen molar-refractivity contribution in [2.45, 2.75) is 44.1 Å². The smallest absolute Gasteiger partial charge is 0.0970 e. The van der Waals surface area contributed by atoms with Crippen LogP contribution in [0.1, 0.15) is 43.0 Å². The fourth-order valence-electron chi connectivity index (χ4n) is 4.24. The van der Waals surface area contributed by atoms with Gasteiger partial charge in [-0.3, -0.25) is 4.68 Å². The SMILES string of the molecule is Cn1cc(-c2ccc3nc(C4CC(N5CCCCC5)C4)sc3c2)cn1. The van der Waals surface area contributed by atoms with Gasteiger partial charge in [0.2, 0.25) is 0 Å². The van der Waals surface area contributed by atoms with Crippen LogP contribution < -0.4 is 0 Å². The Labute approximate surface area is 152 Å². The number of hydrogen-bond acceptors (Lipinski definition) is 4. The summed E-state index contributed by atoms with van der Waals surface area (Å²) in [5.41, 5.74) is 3.55. The summed E-state index contributed by atoms with van der Waals surface area (Å²) in [4.78, 5) is 7.65. The number of benzene rings is 1.